The van der Waals surface area contributed by atoms with Crippen molar-refractivity contribution in [1.29, 1.82) is 0 Å². The fourth-order valence-corrected chi connectivity index (χ4v) is 4.84. The van der Waals surface area contributed by atoms with Gasteiger partial charge in [0.2, 0.25) is 0 Å². The second kappa shape index (κ2) is 11.0. The summed E-state index contributed by atoms with van der Waals surface area (Å²) in [5, 5.41) is 3.69. The molecule has 0 aromatic heterocycles. The molecule has 0 aliphatic rings. The number of hydrogen-bond donors (Lipinski definition) is 1. The summed E-state index contributed by atoms with van der Waals surface area (Å²) < 4.78 is 72.2. The fraction of sp³-hybridized carbons (Fsp3) is 0.167. The molecule has 1 amide bonds. The summed E-state index contributed by atoms with van der Waals surface area (Å²) in [5.74, 6) is -0.594. The Morgan fingerprint density at radius 2 is 1.78 bits per heavy atom. The maximum absolute atomic E-state index is 13.4. The maximum atomic E-state index is 13.4. The molecule has 0 heterocycles. The predicted molar refractivity (Wildman–Crippen MR) is 131 cm³/mol. The Hall–Kier alpha value is -3.57. The summed E-state index contributed by atoms with van der Waals surface area (Å²) in [5.41, 5.74) is 1.79. The smallest absolute Gasteiger partial charge is 0.417 e. The van der Waals surface area contributed by atoms with Crippen molar-refractivity contribution in [2.45, 2.75) is 18.0 Å². The van der Waals surface area contributed by atoms with Crippen molar-refractivity contribution in [2.24, 2.45) is 5.10 Å². The number of carbonyl (C=O) groups excluding carboxylic acids is 1. The minimum atomic E-state index is -4.61. The standard InChI is InChI=1S/C24H21ClF3N3O4S/c1-16-7-10-19(11-8-16)36(33,34)31(18-9-12-22(35-2)21(25)13-18)15-23(32)30-29-14-17-5-3-4-6-20(17)24(26,27)28/h3-14H,15H2,1-2H3,(H,30,32)/b29-14-. The third-order valence-electron chi connectivity index (χ3n) is 4.98. The Kier molecular flexibility index (Phi) is 8.26. The molecule has 0 atom stereocenters. The van der Waals surface area contributed by atoms with E-state index in [4.69, 9.17) is 16.3 Å². The Labute approximate surface area is 211 Å². The van der Waals surface area contributed by atoms with E-state index in [2.05, 4.69) is 10.5 Å². The first-order chi connectivity index (χ1) is 16.9. The van der Waals surface area contributed by atoms with Gasteiger partial charge in [-0.1, -0.05) is 47.5 Å². The maximum Gasteiger partial charge on any atom is 0.417 e. The lowest BCUT2D eigenvalue weighted by Gasteiger charge is -2.24. The van der Waals surface area contributed by atoms with Crippen LogP contribution in [0.25, 0.3) is 0 Å². The molecule has 0 bridgehead atoms. The molecular weight excluding hydrogens is 519 g/mol. The van der Waals surface area contributed by atoms with Gasteiger partial charge in [0, 0.05) is 5.56 Å². The lowest BCUT2D eigenvalue weighted by Crippen LogP contribution is -2.39. The van der Waals surface area contributed by atoms with Gasteiger partial charge in [-0.15, -0.1) is 0 Å². The molecule has 3 aromatic rings. The Bertz CT molecular complexity index is 1380. The van der Waals surface area contributed by atoms with Crippen LogP contribution in [-0.4, -0.2) is 34.2 Å². The average Bonchev–Trinajstić information content (AvgIpc) is 2.82. The van der Waals surface area contributed by atoms with Gasteiger partial charge in [0.25, 0.3) is 15.9 Å². The van der Waals surface area contributed by atoms with Crippen LogP contribution >= 0.6 is 11.6 Å². The normalized spacial score (nSPS) is 11.9. The zero-order valence-electron chi connectivity index (χ0n) is 19.1. The largest absolute Gasteiger partial charge is 0.495 e. The van der Waals surface area contributed by atoms with Crippen LogP contribution < -0.4 is 14.5 Å². The minimum Gasteiger partial charge on any atom is -0.495 e. The number of halogens is 4. The SMILES string of the molecule is COc1ccc(N(CC(=O)N/N=C\c2ccccc2C(F)(F)F)S(=O)(=O)c2ccc(C)cc2)cc1Cl. The van der Waals surface area contributed by atoms with E-state index in [-0.39, 0.29) is 21.2 Å². The van der Waals surface area contributed by atoms with Gasteiger partial charge in [-0.25, -0.2) is 13.8 Å². The molecular formula is C24H21ClF3N3O4S. The quantitative estimate of drug-likeness (QED) is 0.321. The lowest BCUT2D eigenvalue weighted by atomic mass is 10.1. The number of ether oxygens (including phenoxy) is 1. The first kappa shape index (κ1) is 27.0. The molecule has 7 nitrogen and oxygen atoms in total. The second-order valence-corrected chi connectivity index (χ2v) is 9.79. The molecule has 0 unspecified atom stereocenters. The van der Waals surface area contributed by atoms with Gasteiger partial charge < -0.3 is 4.74 Å². The Morgan fingerprint density at radius 1 is 1.11 bits per heavy atom. The molecule has 0 aliphatic heterocycles. The van der Waals surface area contributed by atoms with Crippen LogP contribution in [0.2, 0.25) is 5.02 Å². The summed E-state index contributed by atoms with van der Waals surface area (Å²) in [6.07, 6.45) is -3.77. The number of alkyl halides is 3. The number of anilines is 1. The van der Waals surface area contributed by atoms with Gasteiger partial charge in [-0.2, -0.15) is 18.3 Å². The zero-order valence-corrected chi connectivity index (χ0v) is 20.7. The van der Waals surface area contributed by atoms with E-state index in [1.165, 1.54) is 55.6 Å². The fourth-order valence-electron chi connectivity index (χ4n) is 3.17. The van der Waals surface area contributed by atoms with Crippen LogP contribution in [0.3, 0.4) is 0 Å². The van der Waals surface area contributed by atoms with E-state index in [1.54, 1.807) is 19.1 Å². The third-order valence-corrected chi connectivity index (χ3v) is 7.06. The molecule has 3 aromatic carbocycles. The van der Waals surface area contributed by atoms with E-state index in [9.17, 15) is 26.4 Å². The minimum absolute atomic E-state index is 0.0721. The number of carbonyl (C=O) groups is 1. The molecule has 36 heavy (non-hydrogen) atoms. The monoisotopic (exact) mass is 539 g/mol. The average molecular weight is 540 g/mol. The number of methoxy groups -OCH3 is 1. The molecule has 0 fully saturated rings. The highest BCUT2D eigenvalue weighted by Gasteiger charge is 2.32. The number of sulfonamides is 1. The Balaban J connectivity index is 1.90. The van der Waals surface area contributed by atoms with Crippen LogP contribution in [0.1, 0.15) is 16.7 Å². The van der Waals surface area contributed by atoms with Crippen LogP contribution in [0.5, 0.6) is 5.75 Å². The molecule has 0 saturated heterocycles. The van der Waals surface area contributed by atoms with Crippen molar-refractivity contribution in [1.82, 2.24) is 5.43 Å². The van der Waals surface area contributed by atoms with Crippen LogP contribution in [0.4, 0.5) is 18.9 Å². The lowest BCUT2D eigenvalue weighted by molar-refractivity contribution is -0.137. The van der Waals surface area contributed by atoms with Crippen molar-refractivity contribution in [3.05, 3.63) is 88.4 Å². The van der Waals surface area contributed by atoms with Crippen LogP contribution in [0.15, 0.2) is 76.7 Å². The highest BCUT2D eigenvalue weighted by atomic mass is 35.5. The molecule has 3 rings (SSSR count). The number of aryl methyl sites for hydroxylation is 1. The summed E-state index contributed by atoms with van der Waals surface area (Å²) in [4.78, 5) is 12.6. The van der Waals surface area contributed by atoms with E-state index in [1.807, 2.05) is 0 Å². The molecule has 0 spiro atoms. The van der Waals surface area contributed by atoms with E-state index in [0.717, 1.165) is 22.1 Å². The van der Waals surface area contributed by atoms with Gasteiger partial charge in [0.15, 0.2) is 0 Å². The third kappa shape index (κ3) is 6.35. The predicted octanol–water partition coefficient (Wildman–Crippen LogP) is 5.02. The Morgan fingerprint density at radius 3 is 2.39 bits per heavy atom. The molecule has 0 aliphatic carbocycles. The van der Waals surface area contributed by atoms with Gasteiger partial charge in [0.1, 0.15) is 12.3 Å². The number of nitrogens with one attached hydrogen (secondary N) is 1. The highest BCUT2D eigenvalue weighted by molar-refractivity contribution is 7.92. The number of rotatable bonds is 8. The summed E-state index contributed by atoms with van der Waals surface area (Å²) >= 11 is 6.17. The molecule has 12 heteroatoms. The zero-order chi connectivity index (χ0) is 26.5. The first-order valence-corrected chi connectivity index (χ1v) is 12.2. The van der Waals surface area contributed by atoms with Crippen molar-refractivity contribution < 1.29 is 31.1 Å². The number of benzene rings is 3. The highest BCUT2D eigenvalue weighted by Crippen LogP contribution is 2.32. The number of amides is 1. The molecule has 190 valence electrons. The molecule has 1 N–H and O–H groups in total. The molecule has 0 radical (unpaired) electrons. The van der Waals surface area contributed by atoms with E-state index < -0.39 is 34.2 Å². The number of hydrogen-bond acceptors (Lipinski definition) is 5. The number of nitrogens with zero attached hydrogens (tertiary/aromatic N) is 2. The summed E-state index contributed by atoms with van der Waals surface area (Å²) in [6.45, 7) is 1.07. The summed E-state index contributed by atoms with van der Waals surface area (Å²) in [7, 11) is -2.84. The topological polar surface area (TPSA) is 88.1 Å². The first-order valence-electron chi connectivity index (χ1n) is 10.3. The van der Waals surface area contributed by atoms with E-state index in [0.29, 0.717) is 5.75 Å². The van der Waals surface area contributed by atoms with Gasteiger partial charge in [0.05, 0.1) is 34.5 Å². The van der Waals surface area contributed by atoms with Gasteiger partial charge in [-0.05, 0) is 43.3 Å². The van der Waals surface area contributed by atoms with Crippen molar-refractivity contribution in [2.75, 3.05) is 18.0 Å². The van der Waals surface area contributed by atoms with Crippen molar-refractivity contribution >= 4 is 39.4 Å². The van der Waals surface area contributed by atoms with Crippen LogP contribution in [-0.2, 0) is 21.0 Å². The van der Waals surface area contributed by atoms with Gasteiger partial charge in [-0.3, -0.25) is 9.10 Å². The van der Waals surface area contributed by atoms with Crippen molar-refractivity contribution in [3.63, 3.8) is 0 Å². The van der Waals surface area contributed by atoms with Gasteiger partial charge >= 0.3 is 6.18 Å². The second-order valence-electron chi connectivity index (χ2n) is 7.52. The van der Waals surface area contributed by atoms with E-state index >= 15 is 0 Å². The summed E-state index contributed by atoms with van der Waals surface area (Å²) in [6, 6.07) is 14.9. The van der Waals surface area contributed by atoms with Crippen molar-refractivity contribution in [3.8, 4) is 5.75 Å². The molecule has 0 saturated carbocycles. The number of hydrazone groups is 1. The van der Waals surface area contributed by atoms with Crippen LogP contribution in [0, 0.1) is 6.92 Å².